The first-order chi connectivity index (χ1) is 8.83. The van der Waals surface area contributed by atoms with E-state index in [1.54, 1.807) is 0 Å². The predicted molar refractivity (Wildman–Crippen MR) is 83.4 cm³/mol. The van der Waals surface area contributed by atoms with Crippen molar-refractivity contribution in [3.05, 3.63) is 60.2 Å². The molecule has 1 nitrogen and oxygen atoms in total. The molecule has 1 fully saturated rings. The van der Waals surface area contributed by atoms with Crippen molar-refractivity contribution >= 4 is 12.4 Å². The van der Waals surface area contributed by atoms with Crippen LogP contribution in [0.2, 0.25) is 0 Å². The van der Waals surface area contributed by atoms with Crippen LogP contribution in [0.4, 0.5) is 0 Å². The molecule has 0 bridgehead atoms. The highest BCUT2D eigenvalue weighted by atomic mass is 35.5. The number of hydrogen-bond acceptors (Lipinski definition) is 1. The van der Waals surface area contributed by atoms with E-state index in [-0.39, 0.29) is 18.4 Å². The summed E-state index contributed by atoms with van der Waals surface area (Å²) < 4.78 is 0. The molecule has 3 rings (SSSR count). The highest BCUT2D eigenvalue weighted by Crippen LogP contribution is 2.36. The lowest BCUT2D eigenvalue weighted by Crippen LogP contribution is -2.10. The van der Waals surface area contributed by atoms with E-state index in [1.807, 2.05) is 6.07 Å². The fraction of sp³-hybridized carbons (Fsp3) is 0.294. The Morgan fingerprint density at radius 1 is 0.895 bits per heavy atom. The van der Waals surface area contributed by atoms with Gasteiger partial charge >= 0.3 is 0 Å². The molecule has 0 heterocycles. The van der Waals surface area contributed by atoms with E-state index < -0.39 is 0 Å². The molecular formula is C17H20ClN. The van der Waals surface area contributed by atoms with Crippen LogP contribution in [-0.4, -0.2) is 0 Å². The molecule has 0 amide bonds. The molecule has 0 unspecified atom stereocenters. The molecule has 1 aliphatic rings. The van der Waals surface area contributed by atoms with Crippen LogP contribution in [0.25, 0.3) is 11.1 Å². The largest absolute Gasteiger partial charge is 0.324 e. The maximum Gasteiger partial charge on any atom is 0.0297 e. The topological polar surface area (TPSA) is 26.0 Å². The van der Waals surface area contributed by atoms with Crippen molar-refractivity contribution in [1.29, 1.82) is 0 Å². The van der Waals surface area contributed by atoms with Crippen LogP contribution in [0.3, 0.4) is 0 Å². The predicted octanol–water partition coefficient (Wildman–Crippen LogP) is 4.58. The average molecular weight is 274 g/mol. The van der Waals surface area contributed by atoms with Gasteiger partial charge in [0.05, 0.1) is 0 Å². The Labute approximate surface area is 121 Å². The summed E-state index contributed by atoms with van der Waals surface area (Å²) in [6, 6.07) is 19.4. The summed E-state index contributed by atoms with van der Waals surface area (Å²) in [4.78, 5) is 0. The summed E-state index contributed by atoms with van der Waals surface area (Å²) in [5.41, 5.74) is 10.0. The summed E-state index contributed by atoms with van der Waals surface area (Å²) in [6.45, 7) is 0. The number of nitrogens with two attached hydrogens (primary N) is 1. The van der Waals surface area contributed by atoms with Crippen molar-refractivity contribution in [3.63, 3.8) is 0 Å². The highest BCUT2D eigenvalue weighted by Gasteiger charge is 2.24. The Kier molecular flexibility index (Phi) is 4.62. The van der Waals surface area contributed by atoms with Crippen LogP contribution in [0, 0.1) is 5.92 Å². The maximum absolute atomic E-state index is 6.22. The summed E-state index contributed by atoms with van der Waals surface area (Å²) in [5, 5.41) is 0. The van der Waals surface area contributed by atoms with Crippen molar-refractivity contribution in [1.82, 2.24) is 0 Å². The van der Waals surface area contributed by atoms with E-state index in [1.165, 1.54) is 29.5 Å². The molecule has 0 radical (unpaired) electrons. The zero-order chi connectivity index (χ0) is 12.4. The van der Waals surface area contributed by atoms with Crippen molar-refractivity contribution in [2.45, 2.75) is 25.3 Å². The van der Waals surface area contributed by atoms with Gasteiger partial charge in [0.1, 0.15) is 0 Å². The normalized spacial score (nSPS) is 15.6. The van der Waals surface area contributed by atoms with E-state index in [4.69, 9.17) is 5.73 Å². The van der Waals surface area contributed by atoms with E-state index in [9.17, 15) is 0 Å². The Hall–Kier alpha value is -1.31. The molecule has 19 heavy (non-hydrogen) atoms. The fourth-order valence-electron chi connectivity index (χ4n) is 2.40. The monoisotopic (exact) mass is 273 g/mol. The standard InChI is InChI=1S/C17H19N.ClH/c18-17(12-13-6-7-13)16-10-8-15(9-11-16)14-4-2-1-3-5-14;/h1-5,8-11,13,17H,6-7,12,18H2;1H/t17-;/m1./s1. The smallest absolute Gasteiger partial charge is 0.0297 e. The Balaban J connectivity index is 0.00000133. The molecule has 1 atom stereocenters. The number of halogens is 1. The molecular weight excluding hydrogens is 254 g/mol. The second-order valence-electron chi connectivity index (χ2n) is 5.27. The summed E-state index contributed by atoms with van der Waals surface area (Å²) in [7, 11) is 0. The van der Waals surface area contributed by atoms with Crippen LogP contribution in [-0.2, 0) is 0 Å². The molecule has 2 aromatic rings. The molecule has 2 N–H and O–H groups in total. The van der Waals surface area contributed by atoms with Crippen molar-refractivity contribution in [3.8, 4) is 11.1 Å². The summed E-state index contributed by atoms with van der Waals surface area (Å²) >= 11 is 0. The highest BCUT2D eigenvalue weighted by molar-refractivity contribution is 5.85. The summed E-state index contributed by atoms with van der Waals surface area (Å²) in [6.07, 6.45) is 3.89. The van der Waals surface area contributed by atoms with Crippen molar-refractivity contribution in [2.24, 2.45) is 11.7 Å². The minimum atomic E-state index is 0. The van der Waals surface area contributed by atoms with Crippen molar-refractivity contribution in [2.75, 3.05) is 0 Å². The van der Waals surface area contributed by atoms with Gasteiger partial charge in [0.2, 0.25) is 0 Å². The van der Waals surface area contributed by atoms with Gasteiger partial charge in [-0.2, -0.15) is 0 Å². The van der Waals surface area contributed by atoms with Gasteiger partial charge in [-0.25, -0.2) is 0 Å². The Morgan fingerprint density at radius 3 is 2.05 bits per heavy atom. The first-order valence-electron chi connectivity index (χ1n) is 6.74. The fourth-order valence-corrected chi connectivity index (χ4v) is 2.40. The molecule has 0 aromatic heterocycles. The van der Waals surface area contributed by atoms with E-state index in [0.29, 0.717) is 0 Å². The van der Waals surface area contributed by atoms with Crippen LogP contribution >= 0.6 is 12.4 Å². The van der Waals surface area contributed by atoms with Gasteiger partial charge in [-0.05, 0) is 29.0 Å². The molecule has 2 aromatic carbocycles. The molecule has 2 heteroatoms. The quantitative estimate of drug-likeness (QED) is 0.867. The number of rotatable bonds is 4. The second-order valence-corrected chi connectivity index (χ2v) is 5.27. The lowest BCUT2D eigenvalue weighted by molar-refractivity contribution is 0.597. The minimum absolute atomic E-state index is 0. The summed E-state index contributed by atoms with van der Waals surface area (Å²) in [5.74, 6) is 0.883. The average Bonchev–Trinajstić information content (AvgIpc) is 3.24. The van der Waals surface area contributed by atoms with Gasteiger partial charge < -0.3 is 5.73 Å². The molecule has 1 aliphatic carbocycles. The van der Waals surface area contributed by atoms with E-state index in [0.717, 1.165) is 12.3 Å². The minimum Gasteiger partial charge on any atom is -0.324 e. The van der Waals surface area contributed by atoms with Gasteiger partial charge in [-0.15, -0.1) is 12.4 Å². The molecule has 0 spiro atoms. The second kappa shape index (κ2) is 6.23. The number of hydrogen-bond donors (Lipinski definition) is 1. The van der Waals surface area contributed by atoms with Crippen LogP contribution < -0.4 is 5.73 Å². The first kappa shape index (κ1) is 14.1. The Bertz CT molecular complexity index is 503. The van der Waals surface area contributed by atoms with E-state index >= 15 is 0 Å². The van der Waals surface area contributed by atoms with Crippen molar-refractivity contribution < 1.29 is 0 Å². The van der Waals surface area contributed by atoms with Gasteiger partial charge in [0, 0.05) is 6.04 Å². The molecule has 0 saturated heterocycles. The number of benzene rings is 2. The molecule has 0 aliphatic heterocycles. The molecule has 1 saturated carbocycles. The van der Waals surface area contributed by atoms with Gasteiger partial charge in [-0.3, -0.25) is 0 Å². The van der Waals surface area contributed by atoms with Crippen LogP contribution in [0.5, 0.6) is 0 Å². The third kappa shape index (κ3) is 3.59. The van der Waals surface area contributed by atoms with Gasteiger partial charge in [0.25, 0.3) is 0 Å². The maximum atomic E-state index is 6.22. The first-order valence-corrected chi connectivity index (χ1v) is 6.74. The lowest BCUT2D eigenvalue weighted by atomic mass is 9.98. The van der Waals surface area contributed by atoms with Crippen LogP contribution in [0.1, 0.15) is 30.9 Å². The third-order valence-corrected chi connectivity index (χ3v) is 3.73. The van der Waals surface area contributed by atoms with Crippen LogP contribution in [0.15, 0.2) is 54.6 Å². The zero-order valence-corrected chi connectivity index (χ0v) is 11.8. The van der Waals surface area contributed by atoms with E-state index in [2.05, 4.69) is 48.5 Å². The lowest BCUT2D eigenvalue weighted by Gasteiger charge is -2.12. The SMILES string of the molecule is Cl.N[C@H](CC1CC1)c1ccc(-c2ccccc2)cc1. The van der Waals surface area contributed by atoms with Gasteiger partial charge in [0.15, 0.2) is 0 Å². The zero-order valence-electron chi connectivity index (χ0n) is 11.0. The molecule has 100 valence electrons. The van der Waals surface area contributed by atoms with Gasteiger partial charge in [-0.1, -0.05) is 67.4 Å². The third-order valence-electron chi connectivity index (χ3n) is 3.73. The Morgan fingerprint density at radius 2 is 1.47 bits per heavy atom.